The van der Waals surface area contributed by atoms with Crippen LogP contribution in [0.1, 0.15) is 19.0 Å². The molecule has 0 aliphatic rings. The quantitative estimate of drug-likeness (QED) is 0.785. The molecule has 0 aromatic carbocycles. The SMILES string of the molecule is CCOC(=O)NCCC(=O)NCc1ccccn1. The summed E-state index contributed by atoms with van der Waals surface area (Å²) >= 11 is 0. The number of hydrogen-bond donors (Lipinski definition) is 2. The molecule has 0 aliphatic heterocycles. The van der Waals surface area contributed by atoms with Gasteiger partial charge < -0.3 is 15.4 Å². The van der Waals surface area contributed by atoms with Crippen molar-refractivity contribution in [1.29, 1.82) is 0 Å². The van der Waals surface area contributed by atoms with Crippen LogP contribution >= 0.6 is 0 Å². The van der Waals surface area contributed by atoms with Crippen molar-refractivity contribution in [2.75, 3.05) is 13.2 Å². The molecule has 0 radical (unpaired) electrons. The molecule has 1 aromatic heterocycles. The van der Waals surface area contributed by atoms with Gasteiger partial charge >= 0.3 is 6.09 Å². The molecule has 1 heterocycles. The lowest BCUT2D eigenvalue weighted by atomic mass is 10.3. The topological polar surface area (TPSA) is 80.3 Å². The smallest absolute Gasteiger partial charge is 0.407 e. The number of carbonyl (C=O) groups excluding carboxylic acids is 2. The van der Waals surface area contributed by atoms with E-state index < -0.39 is 6.09 Å². The summed E-state index contributed by atoms with van der Waals surface area (Å²) in [5.74, 6) is -0.141. The maximum absolute atomic E-state index is 11.4. The highest BCUT2D eigenvalue weighted by molar-refractivity contribution is 5.76. The van der Waals surface area contributed by atoms with Crippen molar-refractivity contribution in [3.8, 4) is 0 Å². The Balaban J connectivity index is 2.13. The first-order valence-electron chi connectivity index (χ1n) is 5.79. The maximum atomic E-state index is 11.4. The molecule has 2 N–H and O–H groups in total. The molecule has 0 bridgehead atoms. The highest BCUT2D eigenvalue weighted by atomic mass is 16.5. The van der Waals surface area contributed by atoms with E-state index in [1.165, 1.54) is 0 Å². The fourth-order valence-electron chi connectivity index (χ4n) is 1.24. The fraction of sp³-hybridized carbons (Fsp3) is 0.417. The molecule has 2 amide bonds. The zero-order chi connectivity index (χ0) is 13.2. The number of ether oxygens (including phenoxy) is 1. The number of pyridine rings is 1. The van der Waals surface area contributed by atoms with Gasteiger partial charge in [0.1, 0.15) is 0 Å². The highest BCUT2D eigenvalue weighted by Gasteiger charge is 2.04. The van der Waals surface area contributed by atoms with Crippen LogP contribution in [0.3, 0.4) is 0 Å². The third-order valence-corrected chi connectivity index (χ3v) is 2.09. The standard InChI is InChI=1S/C12H17N3O3/c1-2-18-12(17)14-8-6-11(16)15-9-10-5-3-4-7-13-10/h3-5,7H,2,6,8-9H2,1H3,(H,14,17)(H,15,16). The first-order chi connectivity index (χ1) is 8.72. The van der Waals surface area contributed by atoms with Gasteiger partial charge in [-0.15, -0.1) is 0 Å². The van der Waals surface area contributed by atoms with Crippen molar-refractivity contribution in [1.82, 2.24) is 15.6 Å². The van der Waals surface area contributed by atoms with Gasteiger partial charge in [-0.25, -0.2) is 4.79 Å². The number of nitrogens with one attached hydrogen (secondary N) is 2. The van der Waals surface area contributed by atoms with Crippen LogP contribution in [0.15, 0.2) is 24.4 Å². The van der Waals surface area contributed by atoms with Crippen molar-refractivity contribution >= 4 is 12.0 Å². The van der Waals surface area contributed by atoms with Crippen molar-refractivity contribution in [3.63, 3.8) is 0 Å². The Morgan fingerprint density at radius 2 is 2.17 bits per heavy atom. The van der Waals surface area contributed by atoms with E-state index in [0.29, 0.717) is 13.2 Å². The molecule has 18 heavy (non-hydrogen) atoms. The van der Waals surface area contributed by atoms with E-state index in [1.807, 2.05) is 18.2 Å². The van der Waals surface area contributed by atoms with Crippen LogP contribution in [-0.2, 0) is 16.1 Å². The summed E-state index contributed by atoms with van der Waals surface area (Å²) < 4.78 is 4.66. The fourth-order valence-corrected chi connectivity index (χ4v) is 1.24. The highest BCUT2D eigenvalue weighted by Crippen LogP contribution is 1.92. The van der Waals surface area contributed by atoms with E-state index in [0.717, 1.165) is 5.69 Å². The number of nitrogens with zero attached hydrogens (tertiary/aromatic N) is 1. The molecule has 0 atom stereocenters. The second kappa shape index (κ2) is 8.05. The average Bonchev–Trinajstić information content (AvgIpc) is 2.38. The Hall–Kier alpha value is -2.11. The summed E-state index contributed by atoms with van der Waals surface area (Å²) in [6.45, 7) is 2.68. The second-order valence-electron chi connectivity index (χ2n) is 3.50. The van der Waals surface area contributed by atoms with Gasteiger partial charge in [-0.2, -0.15) is 0 Å². The summed E-state index contributed by atoms with van der Waals surface area (Å²) in [7, 11) is 0. The van der Waals surface area contributed by atoms with Gasteiger partial charge in [-0.1, -0.05) is 6.07 Å². The van der Waals surface area contributed by atoms with Crippen LogP contribution in [0.5, 0.6) is 0 Å². The van der Waals surface area contributed by atoms with E-state index in [4.69, 9.17) is 0 Å². The van der Waals surface area contributed by atoms with Gasteiger partial charge in [0, 0.05) is 19.2 Å². The van der Waals surface area contributed by atoms with Gasteiger partial charge in [0.2, 0.25) is 5.91 Å². The predicted octanol–water partition coefficient (Wildman–Crippen LogP) is 0.834. The zero-order valence-corrected chi connectivity index (χ0v) is 10.3. The lowest BCUT2D eigenvalue weighted by molar-refractivity contribution is -0.121. The monoisotopic (exact) mass is 251 g/mol. The van der Waals surface area contributed by atoms with Crippen molar-refractivity contribution < 1.29 is 14.3 Å². The molecule has 0 unspecified atom stereocenters. The van der Waals surface area contributed by atoms with Crippen molar-refractivity contribution in [2.45, 2.75) is 19.9 Å². The molecule has 98 valence electrons. The van der Waals surface area contributed by atoms with E-state index in [1.54, 1.807) is 13.1 Å². The molecule has 6 heteroatoms. The zero-order valence-electron chi connectivity index (χ0n) is 10.3. The van der Waals surface area contributed by atoms with Gasteiger partial charge in [0.15, 0.2) is 0 Å². The van der Waals surface area contributed by atoms with E-state index >= 15 is 0 Å². The number of aromatic nitrogens is 1. The summed E-state index contributed by atoms with van der Waals surface area (Å²) in [5, 5.41) is 5.19. The third kappa shape index (κ3) is 5.83. The Bertz CT molecular complexity index is 381. The van der Waals surface area contributed by atoms with Crippen LogP contribution in [0.2, 0.25) is 0 Å². The predicted molar refractivity (Wildman–Crippen MR) is 65.7 cm³/mol. The van der Waals surface area contributed by atoms with Crippen LogP contribution < -0.4 is 10.6 Å². The van der Waals surface area contributed by atoms with E-state index in [9.17, 15) is 9.59 Å². The molecule has 0 saturated carbocycles. The number of carbonyl (C=O) groups is 2. The molecular formula is C12H17N3O3. The number of amides is 2. The van der Waals surface area contributed by atoms with Crippen LogP contribution in [0.25, 0.3) is 0 Å². The summed E-state index contributed by atoms with van der Waals surface area (Å²) in [6.07, 6.45) is 1.38. The van der Waals surface area contributed by atoms with Crippen molar-refractivity contribution in [2.24, 2.45) is 0 Å². The first kappa shape index (κ1) is 14.0. The van der Waals surface area contributed by atoms with Crippen LogP contribution in [0, 0.1) is 0 Å². The van der Waals surface area contributed by atoms with E-state index in [2.05, 4.69) is 20.4 Å². The number of rotatable bonds is 6. The summed E-state index contributed by atoms with van der Waals surface area (Å²) in [5.41, 5.74) is 0.796. The lowest BCUT2D eigenvalue weighted by Crippen LogP contribution is -2.31. The average molecular weight is 251 g/mol. The van der Waals surface area contributed by atoms with Gasteiger partial charge in [-0.05, 0) is 19.1 Å². The van der Waals surface area contributed by atoms with E-state index in [-0.39, 0.29) is 18.9 Å². The molecule has 6 nitrogen and oxygen atoms in total. The Labute approximate surface area is 106 Å². The molecule has 0 fully saturated rings. The minimum atomic E-state index is -0.505. The Morgan fingerprint density at radius 1 is 1.33 bits per heavy atom. The van der Waals surface area contributed by atoms with Gasteiger partial charge in [0.25, 0.3) is 0 Å². The molecule has 1 rings (SSSR count). The molecular weight excluding hydrogens is 234 g/mol. The third-order valence-electron chi connectivity index (χ3n) is 2.09. The normalized spacial score (nSPS) is 9.61. The Morgan fingerprint density at radius 3 is 2.83 bits per heavy atom. The molecule has 0 spiro atoms. The summed E-state index contributed by atoms with van der Waals surface area (Å²) in [6, 6.07) is 5.50. The molecule has 1 aromatic rings. The minimum absolute atomic E-state index is 0.141. The summed E-state index contributed by atoms with van der Waals surface area (Å²) in [4.78, 5) is 26.4. The first-order valence-corrected chi connectivity index (χ1v) is 5.79. The largest absolute Gasteiger partial charge is 0.450 e. The van der Waals surface area contributed by atoms with Crippen LogP contribution in [0.4, 0.5) is 4.79 Å². The second-order valence-corrected chi connectivity index (χ2v) is 3.50. The number of alkyl carbamates (subject to hydrolysis) is 1. The minimum Gasteiger partial charge on any atom is -0.450 e. The van der Waals surface area contributed by atoms with Crippen molar-refractivity contribution in [3.05, 3.63) is 30.1 Å². The van der Waals surface area contributed by atoms with Gasteiger partial charge in [-0.3, -0.25) is 9.78 Å². The Kier molecular flexibility index (Phi) is 6.24. The van der Waals surface area contributed by atoms with Crippen LogP contribution in [-0.4, -0.2) is 30.1 Å². The van der Waals surface area contributed by atoms with Gasteiger partial charge in [0.05, 0.1) is 18.8 Å². The number of hydrogen-bond acceptors (Lipinski definition) is 4. The lowest BCUT2D eigenvalue weighted by Gasteiger charge is -2.06. The molecule has 0 saturated heterocycles. The maximum Gasteiger partial charge on any atom is 0.407 e. The molecule has 0 aliphatic carbocycles.